The van der Waals surface area contributed by atoms with Gasteiger partial charge in [-0.05, 0) is 25.5 Å². The van der Waals surface area contributed by atoms with E-state index in [1.165, 1.54) is 24.2 Å². The van der Waals surface area contributed by atoms with Crippen LogP contribution in [0, 0.1) is 11.8 Å². The van der Waals surface area contributed by atoms with Crippen LogP contribution in [0.5, 0.6) is 0 Å². The number of hydrogen-bond acceptors (Lipinski definition) is 3. The van der Waals surface area contributed by atoms with Crippen LogP contribution in [-0.4, -0.2) is 23.7 Å². The number of nitrogens with one attached hydrogen (secondary N) is 1. The topological polar surface area (TPSA) is 49.3 Å². The smallest absolute Gasteiger partial charge is 0.261 e. The summed E-state index contributed by atoms with van der Waals surface area (Å²) >= 11 is 1.35. The van der Waals surface area contributed by atoms with E-state index in [9.17, 15) is 4.79 Å². The summed E-state index contributed by atoms with van der Waals surface area (Å²) < 4.78 is 0. The molecule has 104 valence electrons. The zero-order valence-electron chi connectivity index (χ0n) is 11.5. The normalized spacial score (nSPS) is 11.5. The average molecular weight is 279 g/mol. The average Bonchev–Trinajstić information content (AvgIpc) is 2.85. The van der Waals surface area contributed by atoms with Gasteiger partial charge in [0.1, 0.15) is 6.61 Å². The molecule has 0 aliphatic heterocycles. The molecule has 0 bridgehead atoms. The molecule has 0 fully saturated rings. The van der Waals surface area contributed by atoms with Gasteiger partial charge in [0.25, 0.3) is 5.91 Å². The molecule has 3 nitrogen and oxygen atoms in total. The fourth-order valence-electron chi connectivity index (χ4n) is 1.72. The van der Waals surface area contributed by atoms with Crippen molar-refractivity contribution in [2.24, 2.45) is 0 Å². The highest BCUT2D eigenvalue weighted by Gasteiger charge is 2.11. The lowest BCUT2D eigenvalue weighted by atomic mass is 10.1. The first-order valence-electron chi connectivity index (χ1n) is 6.67. The van der Waals surface area contributed by atoms with Crippen LogP contribution in [0.1, 0.15) is 54.1 Å². The second-order valence-corrected chi connectivity index (χ2v) is 5.58. The molecule has 0 saturated heterocycles. The van der Waals surface area contributed by atoms with E-state index in [1.807, 2.05) is 13.0 Å². The molecular weight excluding hydrogens is 258 g/mol. The quantitative estimate of drug-likeness (QED) is 0.621. The van der Waals surface area contributed by atoms with Crippen LogP contribution < -0.4 is 5.32 Å². The van der Waals surface area contributed by atoms with E-state index in [0.29, 0.717) is 4.88 Å². The van der Waals surface area contributed by atoms with Crippen molar-refractivity contribution in [3.05, 3.63) is 21.9 Å². The zero-order chi connectivity index (χ0) is 14.1. The molecule has 1 aromatic heterocycles. The van der Waals surface area contributed by atoms with Gasteiger partial charge in [0.2, 0.25) is 0 Å². The Morgan fingerprint density at radius 3 is 2.95 bits per heavy atom. The minimum Gasteiger partial charge on any atom is -0.384 e. The molecule has 1 rings (SSSR count). The lowest BCUT2D eigenvalue weighted by Gasteiger charge is -2.12. The zero-order valence-corrected chi connectivity index (χ0v) is 12.3. The van der Waals surface area contributed by atoms with Gasteiger partial charge in [-0.1, -0.05) is 38.0 Å². The monoisotopic (exact) mass is 279 g/mol. The number of carbonyl (C=O) groups is 1. The minimum atomic E-state index is -0.159. The Hall–Kier alpha value is -1.31. The molecule has 0 aliphatic rings. The van der Waals surface area contributed by atoms with Crippen molar-refractivity contribution in [1.29, 1.82) is 0 Å². The third-order valence-corrected chi connectivity index (χ3v) is 3.74. The number of aliphatic hydroxyl groups is 1. The maximum atomic E-state index is 12.0. The van der Waals surface area contributed by atoms with E-state index < -0.39 is 0 Å². The molecule has 0 saturated carbocycles. The number of aliphatic hydroxyl groups excluding tert-OH is 1. The number of carbonyl (C=O) groups excluding carboxylic acids is 1. The molecule has 1 amide bonds. The highest BCUT2D eigenvalue weighted by molar-refractivity contribution is 7.14. The molecule has 4 heteroatoms. The molecule has 1 unspecified atom stereocenters. The fourth-order valence-corrected chi connectivity index (χ4v) is 2.51. The Balaban J connectivity index is 2.46. The minimum absolute atomic E-state index is 0.0361. The fraction of sp³-hybridized carbons (Fsp3) is 0.533. The van der Waals surface area contributed by atoms with Crippen LogP contribution in [0.15, 0.2) is 12.1 Å². The van der Waals surface area contributed by atoms with E-state index in [0.717, 1.165) is 17.7 Å². The van der Waals surface area contributed by atoms with Gasteiger partial charge in [-0.3, -0.25) is 4.79 Å². The van der Waals surface area contributed by atoms with Crippen LogP contribution in [0.4, 0.5) is 0 Å². The summed E-state index contributed by atoms with van der Waals surface area (Å²) in [5, 5.41) is 11.6. The second-order valence-electron chi connectivity index (χ2n) is 4.49. The highest BCUT2D eigenvalue weighted by Crippen LogP contribution is 2.15. The standard InChI is InChI=1S/C15H21NO2S/c1-3-4-5-7-12(2)16-15(18)14-10-9-13(19-14)8-6-11-17/h9-10,12,17H,3-5,7,11H2,1-2H3,(H,16,18). The molecule has 0 aliphatic carbocycles. The van der Waals surface area contributed by atoms with E-state index in [1.54, 1.807) is 6.07 Å². The maximum Gasteiger partial charge on any atom is 0.261 e. The van der Waals surface area contributed by atoms with Gasteiger partial charge in [0, 0.05) is 6.04 Å². The highest BCUT2D eigenvalue weighted by atomic mass is 32.1. The summed E-state index contributed by atoms with van der Waals surface area (Å²) in [4.78, 5) is 13.5. The van der Waals surface area contributed by atoms with Gasteiger partial charge in [0.15, 0.2) is 0 Å². The van der Waals surface area contributed by atoms with Gasteiger partial charge < -0.3 is 10.4 Å². The molecule has 1 heterocycles. The summed E-state index contributed by atoms with van der Waals surface area (Å²) in [5.74, 6) is 5.34. The molecular formula is C15H21NO2S. The van der Waals surface area contributed by atoms with E-state index in [4.69, 9.17) is 5.11 Å². The molecule has 19 heavy (non-hydrogen) atoms. The molecule has 2 N–H and O–H groups in total. The number of unbranched alkanes of at least 4 members (excludes halogenated alkanes) is 2. The SMILES string of the molecule is CCCCCC(C)NC(=O)c1ccc(C#CCO)s1. The van der Waals surface area contributed by atoms with Crippen molar-refractivity contribution in [1.82, 2.24) is 5.32 Å². The second kappa shape index (κ2) is 8.73. The summed E-state index contributed by atoms with van der Waals surface area (Å²) in [7, 11) is 0. The first kappa shape index (κ1) is 15.7. The summed E-state index contributed by atoms with van der Waals surface area (Å²) in [5.41, 5.74) is 0. The molecule has 0 aromatic carbocycles. The van der Waals surface area contributed by atoms with Gasteiger partial charge in [-0.15, -0.1) is 11.3 Å². The largest absolute Gasteiger partial charge is 0.384 e. The third-order valence-electron chi connectivity index (χ3n) is 2.74. The first-order valence-corrected chi connectivity index (χ1v) is 7.49. The molecule has 0 radical (unpaired) electrons. The van der Waals surface area contributed by atoms with Crippen molar-refractivity contribution in [3.63, 3.8) is 0 Å². The Morgan fingerprint density at radius 2 is 2.26 bits per heavy atom. The summed E-state index contributed by atoms with van der Waals surface area (Å²) in [6.07, 6.45) is 4.57. The predicted octanol–water partition coefficient (Wildman–Crippen LogP) is 2.79. The third kappa shape index (κ3) is 5.91. The van der Waals surface area contributed by atoms with E-state index in [-0.39, 0.29) is 18.6 Å². The lowest BCUT2D eigenvalue weighted by molar-refractivity contribution is 0.0942. The molecule has 0 spiro atoms. The Kier molecular flexibility index (Phi) is 7.24. The number of rotatable bonds is 6. The first-order chi connectivity index (χ1) is 9.17. The molecule has 1 aromatic rings. The van der Waals surface area contributed by atoms with Crippen LogP contribution in [0.25, 0.3) is 0 Å². The predicted molar refractivity (Wildman–Crippen MR) is 79.4 cm³/mol. The Labute approximate surface area is 119 Å². The van der Waals surface area contributed by atoms with Crippen molar-refractivity contribution in [2.45, 2.75) is 45.6 Å². The van der Waals surface area contributed by atoms with Crippen LogP contribution in [0.3, 0.4) is 0 Å². The van der Waals surface area contributed by atoms with Crippen molar-refractivity contribution in [3.8, 4) is 11.8 Å². The van der Waals surface area contributed by atoms with Crippen LogP contribution >= 0.6 is 11.3 Å². The van der Waals surface area contributed by atoms with Crippen LogP contribution in [0.2, 0.25) is 0 Å². The number of amides is 1. The molecule has 1 atom stereocenters. The van der Waals surface area contributed by atoms with E-state index in [2.05, 4.69) is 24.1 Å². The van der Waals surface area contributed by atoms with Gasteiger partial charge >= 0.3 is 0 Å². The Morgan fingerprint density at radius 1 is 1.47 bits per heavy atom. The van der Waals surface area contributed by atoms with Crippen molar-refractivity contribution in [2.75, 3.05) is 6.61 Å². The van der Waals surface area contributed by atoms with E-state index >= 15 is 0 Å². The van der Waals surface area contributed by atoms with Crippen molar-refractivity contribution >= 4 is 17.2 Å². The number of thiophene rings is 1. The van der Waals surface area contributed by atoms with Crippen molar-refractivity contribution < 1.29 is 9.90 Å². The summed E-state index contributed by atoms with van der Waals surface area (Å²) in [6, 6.07) is 3.79. The van der Waals surface area contributed by atoms with Gasteiger partial charge in [-0.25, -0.2) is 0 Å². The lowest BCUT2D eigenvalue weighted by Crippen LogP contribution is -2.31. The summed E-state index contributed by atoms with van der Waals surface area (Å²) in [6.45, 7) is 4.05. The van der Waals surface area contributed by atoms with Crippen LogP contribution in [-0.2, 0) is 0 Å². The van der Waals surface area contributed by atoms with Gasteiger partial charge in [0.05, 0.1) is 9.75 Å². The Bertz CT molecular complexity index is 456. The van der Waals surface area contributed by atoms with Gasteiger partial charge in [-0.2, -0.15) is 0 Å². The maximum absolute atomic E-state index is 12.0. The number of hydrogen-bond donors (Lipinski definition) is 2.